The zero-order chi connectivity index (χ0) is 27.3. The maximum absolute atomic E-state index is 15.1. The minimum atomic E-state index is -4.67. The second-order valence-electron chi connectivity index (χ2n) is 7.48. The van der Waals surface area contributed by atoms with Crippen molar-refractivity contribution < 1.29 is 31.6 Å². The topological polar surface area (TPSA) is 106 Å². The van der Waals surface area contributed by atoms with Gasteiger partial charge in [-0.3, -0.25) is 9.20 Å². The average Bonchev–Trinajstić information content (AvgIpc) is 3.18. The van der Waals surface area contributed by atoms with Gasteiger partial charge in [-0.15, -0.1) is 0 Å². The van der Waals surface area contributed by atoms with Crippen molar-refractivity contribution in [3.05, 3.63) is 77.1 Å². The van der Waals surface area contributed by atoms with E-state index in [9.17, 15) is 23.1 Å². The molecular weight excluding hydrogens is 454 g/mol. The number of amides is 1. The summed E-state index contributed by atoms with van der Waals surface area (Å²) in [5, 5.41) is 12.5. The summed E-state index contributed by atoms with van der Waals surface area (Å²) in [6.45, 7) is -1.05. The molecule has 2 aromatic carbocycles. The van der Waals surface area contributed by atoms with Crippen LogP contribution in [0.1, 0.15) is 32.9 Å². The summed E-state index contributed by atoms with van der Waals surface area (Å²) in [5.74, 6) is -2.43. The monoisotopic (exact) mass is 476 g/mol. The van der Waals surface area contributed by atoms with Gasteiger partial charge < -0.3 is 16.2 Å². The maximum atomic E-state index is 15.1. The van der Waals surface area contributed by atoms with E-state index in [4.69, 9.17) is 9.85 Å². The van der Waals surface area contributed by atoms with Crippen LogP contribution in [0.3, 0.4) is 0 Å². The fraction of sp³-hybridized carbons (Fsp3) is 0.174. The zero-order valence-corrected chi connectivity index (χ0v) is 17.5. The first-order valence-corrected chi connectivity index (χ1v) is 9.78. The third-order valence-corrected chi connectivity index (χ3v) is 5.04. The van der Waals surface area contributed by atoms with Crippen LogP contribution in [0.2, 0.25) is 0 Å². The highest BCUT2D eigenvalue weighted by atomic mass is 19.4. The first-order chi connectivity index (χ1) is 17.2. The number of aryl methyl sites for hydroxylation is 2. The lowest BCUT2D eigenvalue weighted by Gasteiger charge is -2.14. The average molecular weight is 476 g/mol. The molecule has 176 valence electrons. The second kappa shape index (κ2) is 8.41. The summed E-state index contributed by atoms with van der Waals surface area (Å²) < 4.78 is 78.5. The number of nitrogen functional groups attached to an aromatic ring is 1. The Labute approximate surface area is 195 Å². The van der Waals surface area contributed by atoms with Gasteiger partial charge in [0.1, 0.15) is 28.7 Å². The number of carbonyl (C=O) groups excluding carboxylic acids is 1. The zero-order valence-electron chi connectivity index (χ0n) is 20.5. The first-order valence-electron chi connectivity index (χ1n) is 11.3. The lowest BCUT2D eigenvalue weighted by Crippen LogP contribution is -2.21. The third-order valence-electron chi connectivity index (χ3n) is 5.04. The summed E-state index contributed by atoms with van der Waals surface area (Å²) in [6, 6.07) is 7.00. The van der Waals surface area contributed by atoms with Crippen LogP contribution < -0.4 is 11.1 Å². The number of aliphatic hydroxyl groups excluding tert-OH is 1. The summed E-state index contributed by atoms with van der Waals surface area (Å²) >= 11 is 0. The molecule has 1 amide bonds. The molecule has 4 aromatic rings. The minimum Gasteiger partial charge on any atom is -0.382 e. The van der Waals surface area contributed by atoms with Gasteiger partial charge in [0.25, 0.3) is 5.91 Å². The first kappa shape index (κ1) is 19.5. The van der Waals surface area contributed by atoms with Gasteiger partial charge >= 0.3 is 6.18 Å². The van der Waals surface area contributed by atoms with E-state index >= 15 is 4.39 Å². The second-order valence-corrected chi connectivity index (χ2v) is 7.48. The Morgan fingerprint density at radius 3 is 2.68 bits per heavy atom. The van der Waals surface area contributed by atoms with E-state index in [1.54, 1.807) is 6.92 Å². The predicted octanol–water partition coefficient (Wildman–Crippen LogP) is 4.43. The van der Waals surface area contributed by atoms with Crippen LogP contribution in [0.5, 0.6) is 0 Å². The Kier molecular flexibility index (Phi) is 4.82. The lowest BCUT2D eigenvalue weighted by atomic mass is 10.0. The van der Waals surface area contributed by atoms with E-state index in [1.807, 2.05) is 0 Å². The van der Waals surface area contributed by atoms with Crippen LogP contribution >= 0.6 is 0 Å². The highest BCUT2D eigenvalue weighted by Gasteiger charge is 2.31. The number of nitrogens with zero attached hydrogens (tertiary/aromatic N) is 3. The Morgan fingerprint density at radius 1 is 1.24 bits per heavy atom. The van der Waals surface area contributed by atoms with Crippen LogP contribution in [-0.4, -0.2) is 25.4 Å². The highest BCUT2D eigenvalue weighted by Crippen LogP contribution is 2.33. The van der Waals surface area contributed by atoms with Crippen molar-refractivity contribution in [3.63, 3.8) is 0 Å². The standard InChI is InChI=1S/C23H19F4N5O2/c1-11-10-32-12(2)30-18(19(32)21(28)29-11)16-7-6-15(9-17(16)24)31-22(34)20(33)13-4-3-5-14(8-13)23(25,26)27/h3-10,20,33H,1-2H3,(H2,28,29)(H,31,34)/t20-/m1/s1/i2D3. The molecule has 0 unspecified atom stereocenters. The van der Waals surface area contributed by atoms with Gasteiger partial charge in [0, 0.05) is 21.6 Å². The van der Waals surface area contributed by atoms with E-state index in [-0.39, 0.29) is 39.7 Å². The smallest absolute Gasteiger partial charge is 0.382 e. The number of nitrogens with one attached hydrogen (secondary N) is 1. The number of hydrogen-bond acceptors (Lipinski definition) is 5. The molecule has 34 heavy (non-hydrogen) atoms. The van der Waals surface area contributed by atoms with Gasteiger partial charge in [-0.05, 0) is 49.7 Å². The van der Waals surface area contributed by atoms with Crippen molar-refractivity contribution in [2.45, 2.75) is 26.1 Å². The predicted molar refractivity (Wildman–Crippen MR) is 117 cm³/mol. The van der Waals surface area contributed by atoms with Crippen molar-refractivity contribution in [1.82, 2.24) is 14.4 Å². The quantitative estimate of drug-likeness (QED) is 0.378. The number of benzene rings is 2. The van der Waals surface area contributed by atoms with E-state index in [2.05, 4.69) is 15.3 Å². The Balaban J connectivity index is 1.66. The van der Waals surface area contributed by atoms with Crippen molar-refractivity contribution in [2.75, 3.05) is 11.1 Å². The van der Waals surface area contributed by atoms with E-state index in [0.717, 1.165) is 24.3 Å². The Bertz CT molecular complexity index is 1520. The third kappa shape index (κ3) is 4.29. The van der Waals surface area contributed by atoms with Gasteiger partial charge in [0.2, 0.25) is 0 Å². The molecule has 0 saturated carbocycles. The van der Waals surface area contributed by atoms with Crippen molar-refractivity contribution in [3.8, 4) is 11.3 Å². The van der Waals surface area contributed by atoms with E-state index in [1.165, 1.54) is 22.7 Å². The van der Waals surface area contributed by atoms with Gasteiger partial charge in [-0.1, -0.05) is 12.1 Å². The number of rotatable bonds is 4. The van der Waals surface area contributed by atoms with Crippen molar-refractivity contribution in [1.29, 1.82) is 0 Å². The molecule has 2 heterocycles. The van der Waals surface area contributed by atoms with Gasteiger partial charge in [-0.2, -0.15) is 13.2 Å². The van der Waals surface area contributed by atoms with E-state index < -0.39 is 36.4 Å². The number of aliphatic hydroxyl groups is 1. The van der Waals surface area contributed by atoms with Crippen LogP contribution in [0.25, 0.3) is 16.8 Å². The van der Waals surface area contributed by atoms with Crippen LogP contribution in [-0.2, 0) is 11.0 Å². The molecule has 2 aromatic heterocycles. The Hall–Kier alpha value is -3.99. The fourth-order valence-corrected chi connectivity index (χ4v) is 3.48. The number of fused-ring (bicyclic) bond motifs is 1. The Morgan fingerprint density at radius 2 is 2.00 bits per heavy atom. The minimum absolute atomic E-state index is 0.0704. The van der Waals surface area contributed by atoms with Crippen LogP contribution in [0.15, 0.2) is 48.7 Å². The van der Waals surface area contributed by atoms with Gasteiger partial charge in [0.05, 0.1) is 11.3 Å². The van der Waals surface area contributed by atoms with Crippen LogP contribution in [0.4, 0.5) is 29.1 Å². The van der Waals surface area contributed by atoms with Crippen LogP contribution in [0, 0.1) is 19.6 Å². The lowest BCUT2D eigenvalue weighted by molar-refractivity contribution is -0.138. The van der Waals surface area contributed by atoms with Crippen molar-refractivity contribution in [2.24, 2.45) is 0 Å². The molecule has 0 radical (unpaired) electrons. The number of carbonyl (C=O) groups is 1. The molecule has 0 bridgehead atoms. The summed E-state index contributed by atoms with van der Waals surface area (Å²) in [4.78, 5) is 20.6. The molecule has 0 aliphatic heterocycles. The van der Waals surface area contributed by atoms with Gasteiger partial charge in [0.15, 0.2) is 6.10 Å². The highest BCUT2D eigenvalue weighted by molar-refractivity contribution is 5.95. The molecule has 0 aliphatic rings. The molecule has 4 rings (SSSR count). The summed E-state index contributed by atoms with van der Waals surface area (Å²) in [6.07, 6.45) is -5.22. The van der Waals surface area contributed by atoms with Crippen molar-refractivity contribution >= 4 is 22.9 Å². The molecule has 0 saturated heterocycles. The molecule has 0 spiro atoms. The van der Waals surface area contributed by atoms with Gasteiger partial charge in [-0.25, -0.2) is 14.4 Å². The number of anilines is 2. The molecule has 0 aliphatic carbocycles. The number of hydrogen-bond donors (Lipinski definition) is 3. The molecule has 1 atom stereocenters. The number of alkyl halides is 3. The molecular formula is C23H19F4N5O2. The number of imidazole rings is 1. The maximum Gasteiger partial charge on any atom is 0.416 e. The SMILES string of the molecule is [2H]C([2H])([2H])c1nc(-c2ccc(NC(=O)[C@H](O)c3cccc(C(F)(F)F)c3)cc2F)c2c(N)nc(C)cn12. The normalized spacial score (nSPS) is 14.4. The molecule has 4 N–H and O–H groups in total. The molecule has 7 nitrogen and oxygen atoms in total. The summed E-state index contributed by atoms with van der Waals surface area (Å²) in [5.41, 5.74) is 4.80. The summed E-state index contributed by atoms with van der Waals surface area (Å²) in [7, 11) is 0. The number of aromatic nitrogens is 3. The largest absolute Gasteiger partial charge is 0.416 e. The molecule has 11 heteroatoms. The van der Waals surface area contributed by atoms with E-state index in [0.29, 0.717) is 11.8 Å². The fourth-order valence-electron chi connectivity index (χ4n) is 3.48. The number of nitrogens with two attached hydrogens (primary N) is 1. The number of halogens is 4. The molecule has 0 fully saturated rings.